The molecule has 0 radical (unpaired) electrons. The topological polar surface area (TPSA) is 114 Å². The maximum Gasteiger partial charge on any atom is 0.243 e. The van der Waals surface area contributed by atoms with Gasteiger partial charge in [-0.15, -0.1) is 0 Å². The summed E-state index contributed by atoms with van der Waals surface area (Å²) in [5.41, 5.74) is 7.09. The first-order valence-electron chi connectivity index (χ1n) is 9.78. The van der Waals surface area contributed by atoms with E-state index in [0.29, 0.717) is 25.8 Å². The third kappa shape index (κ3) is 7.15. The van der Waals surface area contributed by atoms with Crippen molar-refractivity contribution in [2.24, 2.45) is 5.73 Å². The van der Waals surface area contributed by atoms with E-state index in [0.717, 1.165) is 44.1 Å². The Bertz CT molecular complexity index is 497. The van der Waals surface area contributed by atoms with Gasteiger partial charge in [0.05, 0.1) is 12.1 Å². The molecule has 7 heteroatoms. The fourth-order valence-electron chi connectivity index (χ4n) is 3.51. The fourth-order valence-corrected chi connectivity index (χ4v) is 3.51. The minimum atomic E-state index is -0.792. The summed E-state index contributed by atoms with van der Waals surface area (Å²) < 4.78 is 5.75. The number of hydrogen-bond donors (Lipinski definition) is 4. The van der Waals surface area contributed by atoms with Crippen LogP contribution in [-0.2, 0) is 14.3 Å². The molecule has 4 atom stereocenters. The normalized spacial score (nSPS) is 28.3. The first kappa shape index (κ1) is 21.0. The lowest BCUT2D eigenvalue weighted by molar-refractivity contribution is -0.146. The lowest BCUT2D eigenvalue weighted by atomic mass is 10.0. The number of imide groups is 1. The molecule has 5 N–H and O–H groups in total. The Hall–Kier alpha value is -1.28. The van der Waals surface area contributed by atoms with Crippen LogP contribution in [0.1, 0.15) is 64.2 Å². The Morgan fingerprint density at radius 1 is 1.31 bits per heavy atom. The van der Waals surface area contributed by atoms with Crippen LogP contribution in [0.15, 0.2) is 12.2 Å². The van der Waals surface area contributed by atoms with Gasteiger partial charge in [-0.3, -0.25) is 14.9 Å². The van der Waals surface area contributed by atoms with Gasteiger partial charge >= 0.3 is 0 Å². The molecule has 2 rings (SSSR count). The Morgan fingerprint density at radius 2 is 2.08 bits per heavy atom. The Morgan fingerprint density at radius 3 is 2.85 bits per heavy atom. The number of carbonyl (C=O) groups is 2. The molecule has 1 saturated heterocycles. The van der Waals surface area contributed by atoms with Crippen LogP contribution in [0.5, 0.6) is 0 Å². The quantitative estimate of drug-likeness (QED) is 0.210. The predicted octanol–water partition coefficient (Wildman–Crippen LogP) is 1.10. The van der Waals surface area contributed by atoms with Gasteiger partial charge in [-0.05, 0) is 38.5 Å². The highest BCUT2D eigenvalue weighted by Gasteiger charge is 2.26. The number of nitrogens with two attached hydrogens (primary N) is 1. The number of ether oxygens (including phenoxy) is 1. The van der Waals surface area contributed by atoms with Crippen LogP contribution in [0.25, 0.3) is 0 Å². The highest BCUT2D eigenvalue weighted by Crippen LogP contribution is 2.21. The molecule has 1 aliphatic carbocycles. The summed E-state index contributed by atoms with van der Waals surface area (Å²) >= 11 is 0. The van der Waals surface area contributed by atoms with Crippen molar-refractivity contribution in [3.05, 3.63) is 12.2 Å². The SMILES string of the molecule is C=C(CCCC(O)O[C@H]1CCCCC[C@@H]1N)CNC1CCC(=O)NC1=O. The molecular weight excluding hydrogens is 334 g/mol. The fraction of sp³-hybridized carbons (Fsp3) is 0.789. The van der Waals surface area contributed by atoms with E-state index in [9.17, 15) is 14.7 Å². The van der Waals surface area contributed by atoms with E-state index in [1.807, 2.05) is 0 Å². The van der Waals surface area contributed by atoms with Gasteiger partial charge in [0.2, 0.25) is 11.8 Å². The zero-order chi connectivity index (χ0) is 18.9. The van der Waals surface area contributed by atoms with Crippen LogP contribution >= 0.6 is 0 Å². The molecule has 148 valence electrons. The molecular formula is C19H33N3O4. The average molecular weight is 367 g/mol. The van der Waals surface area contributed by atoms with Crippen molar-refractivity contribution in [3.63, 3.8) is 0 Å². The van der Waals surface area contributed by atoms with Gasteiger partial charge < -0.3 is 20.9 Å². The second kappa shape index (κ2) is 10.8. The van der Waals surface area contributed by atoms with Gasteiger partial charge in [0.15, 0.2) is 6.29 Å². The highest BCUT2D eigenvalue weighted by atomic mass is 16.6. The van der Waals surface area contributed by atoms with Gasteiger partial charge in [0.25, 0.3) is 0 Å². The number of rotatable bonds is 9. The van der Waals surface area contributed by atoms with Crippen molar-refractivity contribution in [3.8, 4) is 0 Å². The number of carbonyl (C=O) groups excluding carboxylic acids is 2. The minimum absolute atomic E-state index is 0.0137. The number of hydrogen-bond acceptors (Lipinski definition) is 6. The molecule has 26 heavy (non-hydrogen) atoms. The van der Waals surface area contributed by atoms with E-state index in [1.165, 1.54) is 6.42 Å². The van der Waals surface area contributed by atoms with Crippen molar-refractivity contribution in [1.29, 1.82) is 0 Å². The predicted molar refractivity (Wildman–Crippen MR) is 99.1 cm³/mol. The molecule has 0 aromatic rings. The van der Waals surface area contributed by atoms with Crippen molar-refractivity contribution >= 4 is 11.8 Å². The standard InChI is InChI=1S/C19H33N3O4/c1-13(12-21-15-10-11-17(23)22-19(15)25)6-5-9-18(24)26-16-8-4-2-3-7-14(16)20/h14-16,18,21,24H,1-12,20H2,(H,22,23,25)/t14-,15?,16-,18?/m0/s1. The molecule has 7 nitrogen and oxygen atoms in total. The van der Waals surface area contributed by atoms with Crippen LogP contribution in [0.4, 0.5) is 0 Å². The minimum Gasteiger partial charge on any atom is -0.368 e. The number of aliphatic hydroxyl groups is 1. The summed E-state index contributed by atoms with van der Waals surface area (Å²) in [5, 5.41) is 15.6. The molecule has 2 aliphatic rings. The molecule has 0 spiro atoms. The molecule has 1 aliphatic heterocycles. The number of aliphatic hydroxyl groups excluding tert-OH is 1. The molecule has 2 unspecified atom stereocenters. The smallest absolute Gasteiger partial charge is 0.243 e. The first-order chi connectivity index (χ1) is 12.5. The molecule has 0 aromatic carbocycles. The summed E-state index contributed by atoms with van der Waals surface area (Å²) in [6, 6.07) is -0.324. The zero-order valence-electron chi connectivity index (χ0n) is 15.5. The van der Waals surface area contributed by atoms with Crippen LogP contribution < -0.4 is 16.4 Å². The molecule has 2 amide bonds. The molecule has 1 saturated carbocycles. The summed E-state index contributed by atoms with van der Waals surface area (Å²) in [6.07, 6.45) is 7.40. The van der Waals surface area contributed by atoms with E-state index in [-0.39, 0.29) is 30.0 Å². The summed E-state index contributed by atoms with van der Waals surface area (Å²) in [7, 11) is 0. The highest BCUT2D eigenvalue weighted by molar-refractivity contribution is 6.00. The molecule has 2 fully saturated rings. The second-order valence-electron chi connectivity index (χ2n) is 7.46. The number of amides is 2. The third-order valence-corrected chi connectivity index (χ3v) is 5.15. The van der Waals surface area contributed by atoms with Crippen LogP contribution in [-0.4, -0.2) is 47.9 Å². The molecule has 0 aromatic heterocycles. The summed E-state index contributed by atoms with van der Waals surface area (Å²) in [6.45, 7) is 4.54. The second-order valence-corrected chi connectivity index (χ2v) is 7.46. The van der Waals surface area contributed by atoms with Gasteiger partial charge in [-0.1, -0.05) is 31.4 Å². The Balaban J connectivity index is 1.58. The van der Waals surface area contributed by atoms with Gasteiger partial charge in [0.1, 0.15) is 0 Å². The molecule has 0 bridgehead atoms. The lowest BCUT2D eigenvalue weighted by Gasteiger charge is -2.25. The van der Waals surface area contributed by atoms with E-state index in [4.69, 9.17) is 10.5 Å². The maximum atomic E-state index is 11.7. The number of nitrogens with one attached hydrogen (secondary N) is 2. The molecule has 1 heterocycles. The van der Waals surface area contributed by atoms with Crippen molar-refractivity contribution < 1.29 is 19.4 Å². The average Bonchev–Trinajstić information content (AvgIpc) is 2.79. The van der Waals surface area contributed by atoms with Crippen LogP contribution in [0.3, 0.4) is 0 Å². The summed E-state index contributed by atoms with van der Waals surface area (Å²) in [5.74, 6) is -0.480. The first-order valence-corrected chi connectivity index (χ1v) is 9.78. The van der Waals surface area contributed by atoms with E-state index >= 15 is 0 Å². The van der Waals surface area contributed by atoms with Crippen molar-refractivity contribution in [1.82, 2.24) is 10.6 Å². The monoisotopic (exact) mass is 367 g/mol. The summed E-state index contributed by atoms with van der Waals surface area (Å²) in [4.78, 5) is 22.8. The van der Waals surface area contributed by atoms with Gasteiger partial charge in [-0.2, -0.15) is 0 Å². The van der Waals surface area contributed by atoms with Crippen LogP contribution in [0, 0.1) is 0 Å². The largest absolute Gasteiger partial charge is 0.368 e. The maximum absolute atomic E-state index is 11.7. The Kier molecular flexibility index (Phi) is 8.71. The van der Waals surface area contributed by atoms with Crippen molar-refractivity contribution in [2.45, 2.75) is 88.7 Å². The van der Waals surface area contributed by atoms with Gasteiger partial charge in [0, 0.05) is 19.0 Å². The zero-order valence-corrected chi connectivity index (χ0v) is 15.5. The third-order valence-electron chi connectivity index (χ3n) is 5.15. The van der Waals surface area contributed by atoms with Crippen LogP contribution in [0.2, 0.25) is 0 Å². The van der Waals surface area contributed by atoms with E-state index < -0.39 is 6.29 Å². The Labute approximate surface area is 155 Å². The van der Waals surface area contributed by atoms with Crippen molar-refractivity contribution in [2.75, 3.05) is 6.54 Å². The number of piperidine rings is 1. The van der Waals surface area contributed by atoms with E-state index in [2.05, 4.69) is 17.2 Å². The van der Waals surface area contributed by atoms with E-state index in [1.54, 1.807) is 0 Å². The lowest BCUT2D eigenvalue weighted by Crippen LogP contribution is -2.51. The van der Waals surface area contributed by atoms with Gasteiger partial charge in [-0.25, -0.2) is 0 Å².